The molecule has 0 fully saturated rings. The van der Waals surface area contributed by atoms with Gasteiger partial charge in [-0.2, -0.15) is 4.52 Å². The van der Waals surface area contributed by atoms with E-state index in [0.717, 1.165) is 17.7 Å². The zero-order valence-electron chi connectivity index (χ0n) is 19.9. The highest BCUT2D eigenvalue weighted by atomic mass is 16.5. The van der Waals surface area contributed by atoms with E-state index in [4.69, 9.17) is 18.9 Å². The molecule has 0 saturated carbocycles. The molecule has 35 heavy (non-hydrogen) atoms. The summed E-state index contributed by atoms with van der Waals surface area (Å²) < 4.78 is 23.7. The number of carbonyl (C=O) groups excluding carboxylic acids is 1. The number of aromatic nitrogens is 4. The number of methoxy groups -OCH3 is 2. The van der Waals surface area contributed by atoms with E-state index in [1.807, 2.05) is 31.2 Å². The first-order chi connectivity index (χ1) is 17.1. The highest BCUT2D eigenvalue weighted by Crippen LogP contribution is 2.32. The van der Waals surface area contributed by atoms with Crippen LogP contribution in [0.2, 0.25) is 0 Å². The van der Waals surface area contributed by atoms with Crippen molar-refractivity contribution in [2.24, 2.45) is 0 Å². The lowest BCUT2D eigenvalue weighted by atomic mass is 10.1. The molecule has 10 heteroatoms. The quantitative estimate of drug-likeness (QED) is 0.329. The smallest absolute Gasteiger partial charge is 0.258 e. The van der Waals surface area contributed by atoms with E-state index < -0.39 is 0 Å². The van der Waals surface area contributed by atoms with Crippen molar-refractivity contribution in [3.05, 3.63) is 60.2 Å². The van der Waals surface area contributed by atoms with Crippen LogP contribution in [-0.4, -0.2) is 59.7 Å². The van der Waals surface area contributed by atoms with Crippen LogP contribution in [0.25, 0.3) is 17.0 Å². The summed E-state index contributed by atoms with van der Waals surface area (Å²) in [6.45, 7) is 2.51. The topological polar surface area (TPSA) is 109 Å². The first-order valence-corrected chi connectivity index (χ1v) is 11.2. The van der Waals surface area contributed by atoms with Gasteiger partial charge in [0.15, 0.2) is 18.1 Å². The molecule has 1 N–H and O–H groups in total. The Morgan fingerprint density at radius 3 is 2.63 bits per heavy atom. The summed E-state index contributed by atoms with van der Waals surface area (Å²) in [6.07, 6.45) is 0.835. The zero-order valence-corrected chi connectivity index (χ0v) is 19.9. The summed E-state index contributed by atoms with van der Waals surface area (Å²) in [5.41, 5.74) is 2.29. The standard InChI is InChI=1S/C25H27N5O5/c1-4-17-7-5-6-8-20(17)35-16-23(31)26-13-14-34-24-12-11-22-27-28-25(30(22)29-24)19-15-18(32-2)9-10-21(19)33-3/h5-12,15H,4,13-14,16H2,1-3H3,(H,26,31). The molecule has 0 unspecified atom stereocenters. The second-order valence-corrected chi connectivity index (χ2v) is 7.48. The molecule has 0 aliphatic heterocycles. The molecule has 0 saturated heterocycles. The lowest BCUT2D eigenvalue weighted by Crippen LogP contribution is -2.32. The van der Waals surface area contributed by atoms with Crippen molar-refractivity contribution in [2.45, 2.75) is 13.3 Å². The van der Waals surface area contributed by atoms with Crippen LogP contribution in [-0.2, 0) is 11.2 Å². The Balaban J connectivity index is 1.35. The number of para-hydroxylation sites is 1. The SMILES string of the molecule is CCc1ccccc1OCC(=O)NCCOc1ccc2nnc(-c3cc(OC)ccc3OC)n2n1. The number of benzene rings is 2. The van der Waals surface area contributed by atoms with Crippen LogP contribution < -0.4 is 24.3 Å². The minimum atomic E-state index is -0.228. The molecule has 0 radical (unpaired) electrons. The monoisotopic (exact) mass is 477 g/mol. The average Bonchev–Trinajstić information content (AvgIpc) is 3.32. The summed E-state index contributed by atoms with van der Waals surface area (Å²) >= 11 is 0. The molecule has 0 bridgehead atoms. The highest BCUT2D eigenvalue weighted by Gasteiger charge is 2.16. The number of hydrogen-bond acceptors (Lipinski definition) is 8. The number of nitrogens with one attached hydrogen (secondary N) is 1. The molecule has 1 amide bonds. The number of ether oxygens (including phenoxy) is 4. The molecule has 2 aromatic carbocycles. The number of hydrogen-bond donors (Lipinski definition) is 1. The van der Waals surface area contributed by atoms with E-state index >= 15 is 0 Å². The van der Waals surface area contributed by atoms with E-state index in [-0.39, 0.29) is 19.1 Å². The van der Waals surface area contributed by atoms with Gasteiger partial charge in [0.2, 0.25) is 5.88 Å². The second-order valence-electron chi connectivity index (χ2n) is 7.48. The molecular weight excluding hydrogens is 450 g/mol. The maximum absolute atomic E-state index is 12.1. The minimum absolute atomic E-state index is 0.0618. The van der Waals surface area contributed by atoms with Crippen molar-refractivity contribution >= 4 is 11.6 Å². The van der Waals surface area contributed by atoms with Crippen molar-refractivity contribution in [1.29, 1.82) is 0 Å². The Labute approximate surface area is 202 Å². The second kappa shape index (κ2) is 11.2. The van der Waals surface area contributed by atoms with Crippen LogP contribution >= 0.6 is 0 Å². The Kier molecular flexibility index (Phi) is 7.61. The van der Waals surface area contributed by atoms with E-state index in [9.17, 15) is 4.79 Å². The van der Waals surface area contributed by atoms with Crippen molar-refractivity contribution in [3.8, 4) is 34.5 Å². The van der Waals surface area contributed by atoms with Gasteiger partial charge in [-0.25, -0.2) is 0 Å². The molecular formula is C25H27N5O5. The third kappa shape index (κ3) is 5.60. The molecule has 0 aliphatic carbocycles. The van der Waals surface area contributed by atoms with Crippen molar-refractivity contribution < 1.29 is 23.7 Å². The van der Waals surface area contributed by atoms with Crippen LogP contribution in [0.4, 0.5) is 0 Å². The van der Waals surface area contributed by atoms with Gasteiger partial charge < -0.3 is 24.3 Å². The molecule has 0 aliphatic rings. The van der Waals surface area contributed by atoms with Gasteiger partial charge in [-0.1, -0.05) is 25.1 Å². The summed E-state index contributed by atoms with van der Waals surface area (Å²) in [5.74, 6) is 2.61. The third-order valence-electron chi connectivity index (χ3n) is 5.27. The fourth-order valence-electron chi connectivity index (χ4n) is 3.48. The summed E-state index contributed by atoms with van der Waals surface area (Å²) in [4.78, 5) is 12.1. The number of aryl methyl sites for hydroxylation is 1. The van der Waals surface area contributed by atoms with E-state index in [0.29, 0.717) is 41.0 Å². The number of amides is 1. The summed E-state index contributed by atoms with van der Waals surface area (Å²) in [7, 11) is 3.17. The number of nitrogens with zero attached hydrogens (tertiary/aromatic N) is 4. The molecule has 0 atom stereocenters. The minimum Gasteiger partial charge on any atom is -0.497 e. The van der Waals surface area contributed by atoms with Gasteiger partial charge in [0.05, 0.1) is 26.3 Å². The highest BCUT2D eigenvalue weighted by molar-refractivity contribution is 5.77. The zero-order chi connectivity index (χ0) is 24.6. The van der Waals surface area contributed by atoms with E-state index in [2.05, 4.69) is 20.6 Å². The van der Waals surface area contributed by atoms with Gasteiger partial charge in [0, 0.05) is 6.07 Å². The third-order valence-corrected chi connectivity index (χ3v) is 5.27. The first-order valence-electron chi connectivity index (χ1n) is 11.2. The van der Waals surface area contributed by atoms with Gasteiger partial charge in [-0.05, 0) is 42.3 Å². The molecule has 2 aromatic heterocycles. The normalized spacial score (nSPS) is 10.7. The molecule has 10 nitrogen and oxygen atoms in total. The Bertz CT molecular complexity index is 1310. The summed E-state index contributed by atoms with van der Waals surface area (Å²) in [6, 6.07) is 16.5. The van der Waals surface area contributed by atoms with Crippen molar-refractivity contribution in [2.75, 3.05) is 34.0 Å². The van der Waals surface area contributed by atoms with Crippen LogP contribution in [0.5, 0.6) is 23.1 Å². The molecule has 4 aromatic rings. The molecule has 0 spiro atoms. The Morgan fingerprint density at radius 1 is 0.971 bits per heavy atom. The van der Waals surface area contributed by atoms with Crippen molar-refractivity contribution in [3.63, 3.8) is 0 Å². The lowest BCUT2D eigenvalue weighted by Gasteiger charge is -2.11. The number of carbonyl (C=O) groups is 1. The summed E-state index contributed by atoms with van der Waals surface area (Å²) in [5, 5.41) is 15.7. The Hall–Kier alpha value is -4.34. The van der Waals surface area contributed by atoms with Gasteiger partial charge in [0.25, 0.3) is 5.91 Å². The Morgan fingerprint density at radius 2 is 1.83 bits per heavy atom. The van der Waals surface area contributed by atoms with Crippen LogP contribution in [0.15, 0.2) is 54.6 Å². The first kappa shape index (κ1) is 23.8. The fourth-order valence-corrected chi connectivity index (χ4v) is 3.48. The fraction of sp³-hybridized carbons (Fsp3) is 0.280. The van der Waals surface area contributed by atoms with E-state index in [1.54, 1.807) is 49.1 Å². The van der Waals surface area contributed by atoms with Gasteiger partial charge in [-0.3, -0.25) is 4.79 Å². The van der Waals surface area contributed by atoms with Crippen molar-refractivity contribution in [1.82, 2.24) is 25.1 Å². The largest absolute Gasteiger partial charge is 0.497 e. The van der Waals surface area contributed by atoms with E-state index in [1.165, 1.54) is 0 Å². The predicted octanol–water partition coefficient (Wildman–Crippen LogP) is 2.94. The maximum Gasteiger partial charge on any atom is 0.258 e. The predicted molar refractivity (Wildman–Crippen MR) is 129 cm³/mol. The van der Waals surface area contributed by atoms with Crippen LogP contribution in [0.1, 0.15) is 12.5 Å². The number of fused-ring (bicyclic) bond motifs is 1. The number of rotatable bonds is 11. The van der Waals surface area contributed by atoms with Crippen LogP contribution in [0, 0.1) is 0 Å². The van der Waals surface area contributed by atoms with Crippen LogP contribution in [0.3, 0.4) is 0 Å². The van der Waals surface area contributed by atoms with Gasteiger partial charge in [0.1, 0.15) is 23.9 Å². The molecule has 2 heterocycles. The average molecular weight is 478 g/mol. The van der Waals surface area contributed by atoms with Gasteiger partial charge >= 0.3 is 0 Å². The molecule has 4 rings (SSSR count). The maximum atomic E-state index is 12.1. The van der Waals surface area contributed by atoms with Gasteiger partial charge in [-0.15, -0.1) is 15.3 Å². The molecule has 182 valence electrons. The lowest BCUT2D eigenvalue weighted by molar-refractivity contribution is -0.123.